The summed E-state index contributed by atoms with van der Waals surface area (Å²) in [4.78, 5) is 2.68. The van der Waals surface area contributed by atoms with E-state index in [1.54, 1.807) is 0 Å². The first-order valence-electron chi connectivity index (χ1n) is 6.57. The number of likely N-dealkylation sites (tertiary alicyclic amines) is 1. The third kappa shape index (κ3) is 3.76. The Morgan fingerprint density at radius 3 is 2.73 bits per heavy atom. The molecule has 0 radical (unpaired) electrons. The molecule has 0 aromatic carbocycles. The van der Waals surface area contributed by atoms with Crippen molar-refractivity contribution in [1.82, 2.24) is 10.2 Å². The monoisotopic (exact) mass is 212 g/mol. The molecule has 1 rings (SSSR count). The van der Waals surface area contributed by atoms with Crippen LogP contribution in [0.2, 0.25) is 0 Å². The summed E-state index contributed by atoms with van der Waals surface area (Å²) in [7, 11) is 2.05. The van der Waals surface area contributed by atoms with E-state index in [-0.39, 0.29) is 0 Å². The van der Waals surface area contributed by atoms with Crippen molar-refractivity contribution in [1.29, 1.82) is 0 Å². The summed E-state index contributed by atoms with van der Waals surface area (Å²) in [6, 6.07) is 0.735. The fraction of sp³-hybridized carbons (Fsp3) is 1.00. The minimum atomic E-state index is 0.735. The van der Waals surface area contributed by atoms with Crippen molar-refractivity contribution in [2.45, 2.75) is 46.1 Å². The first-order valence-corrected chi connectivity index (χ1v) is 6.57. The summed E-state index contributed by atoms with van der Waals surface area (Å²) in [6.45, 7) is 10.8. The molecule has 0 saturated carbocycles. The highest BCUT2D eigenvalue weighted by atomic mass is 15.2. The highest BCUT2D eigenvalue weighted by Gasteiger charge is 2.27. The molecule has 1 heterocycles. The number of hydrogen-bond acceptors (Lipinski definition) is 2. The number of nitrogens with zero attached hydrogens (tertiary/aromatic N) is 1. The van der Waals surface area contributed by atoms with Crippen LogP contribution >= 0.6 is 0 Å². The van der Waals surface area contributed by atoms with Gasteiger partial charge in [0.1, 0.15) is 0 Å². The van der Waals surface area contributed by atoms with Gasteiger partial charge in [0.15, 0.2) is 0 Å². The predicted molar refractivity (Wildman–Crippen MR) is 67.1 cm³/mol. The topological polar surface area (TPSA) is 15.3 Å². The molecule has 1 N–H and O–H groups in total. The average Bonchev–Trinajstić information content (AvgIpc) is 2.66. The minimum absolute atomic E-state index is 0.735. The minimum Gasteiger partial charge on any atom is -0.319 e. The van der Waals surface area contributed by atoms with Gasteiger partial charge < -0.3 is 10.2 Å². The molecule has 1 saturated heterocycles. The van der Waals surface area contributed by atoms with Crippen LogP contribution in [0.3, 0.4) is 0 Å². The van der Waals surface area contributed by atoms with Gasteiger partial charge in [-0.25, -0.2) is 0 Å². The number of rotatable bonds is 6. The number of hydrogen-bond donors (Lipinski definition) is 1. The van der Waals surface area contributed by atoms with Gasteiger partial charge in [0, 0.05) is 12.6 Å². The molecule has 1 fully saturated rings. The highest BCUT2D eigenvalue weighted by Crippen LogP contribution is 2.24. The van der Waals surface area contributed by atoms with E-state index in [2.05, 4.69) is 31.0 Å². The normalized spacial score (nSPS) is 26.8. The Morgan fingerprint density at radius 2 is 2.13 bits per heavy atom. The maximum atomic E-state index is 3.28. The van der Waals surface area contributed by atoms with Gasteiger partial charge in [-0.3, -0.25) is 0 Å². The van der Waals surface area contributed by atoms with Crippen LogP contribution in [0.15, 0.2) is 0 Å². The third-order valence-electron chi connectivity index (χ3n) is 3.94. The van der Waals surface area contributed by atoms with E-state index in [1.165, 1.54) is 32.4 Å². The van der Waals surface area contributed by atoms with Gasteiger partial charge in [0.25, 0.3) is 0 Å². The Hall–Kier alpha value is -0.0800. The molecule has 2 heteroatoms. The second-order valence-electron chi connectivity index (χ2n) is 5.21. The van der Waals surface area contributed by atoms with Gasteiger partial charge in [0.05, 0.1) is 0 Å². The fourth-order valence-corrected chi connectivity index (χ4v) is 2.73. The van der Waals surface area contributed by atoms with Crippen molar-refractivity contribution < 1.29 is 0 Å². The van der Waals surface area contributed by atoms with Gasteiger partial charge in [-0.2, -0.15) is 0 Å². The fourth-order valence-electron chi connectivity index (χ4n) is 2.73. The zero-order chi connectivity index (χ0) is 11.3. The zero-order valence-electron chi connectivity index (χ0n) is 10.9. The summed E-state index contributed by atoms with van der Waals surface area (Å²) < 4.78 is 0. The van der Waals surface area contributed by atoms with Crippen molar-refractivity contribution in [3.05, 3.63) is 0 Å². The van der Waals surface area contributed by atoms with Gasteiger partial charge in [-0.05, 0) is 51.7 Å². The standard InChI is InChI=1S/C13H28N2/c1-5-6-13-7-8-15(10-13)12(3)11(2)9-14-4/h11-14H,5-10H2,1-4H3. The average molecular weight is 212 g/mol. The van der Waals surface area contributed by atoms with Crippen LogP contribution < -0.4 is 5.32 Å². The molecule has 3 atom stereocenters. The van der Waals surface area contributed by atoms with E-state index in [1.807, 2.05) is 7.05 Å². The van der Waals surface area contributed by atoms with Crippen molar-refractivity contribution in [2.75, 3.05) is 26.7 Å². The van der Waals surface area contributed by atoms with Crippen molar-refractivity contribution in [3.63, 3.8) is 0 Å². The van der Waals surface area contributed by atoms with Crippen LogP contribution in [0.5, 0.6) is 0 Å². The summed E-state index contributed by atoms with van der Waals surface area (Å²) in [5.74, 6) is 1.73. The molecule has 0 spiro atoms. The second kappa shape index (κ2) is 6.49. The molecule has 90 valence electrons. The smallest absolute Gasteiger partial charge is 0.0105 e. The predicted octanol–water partition coefficient (Wildman–Crippen LogP) is 2.35. The van der Waals surface area contributed by atoms with Gasteiger partial charge in [-0.1, -0.05) is 20.3 Å². The third-order valence-corrected chi connectivity index (χ3v) is 3.94. The maximum Gasteiger partial charge on any atom is 0.0105 e. The molecule has 0 aliphatic carbocycles. The molecule has 0 amide bonds. The second-order valence-corrected chi connectivity index (χ2v) is 5.21. The molecule has 0 aromatic rings. The van der Waals surface area contributed by atoms with Crippen molar-refractivity contribution >= 4 is 0 Å². The summed E-state index contributed by atoms with van der Waals surface area (Å²) in [5, 5.41) is 3.28. The van der Waals surface area contributed by atoms with E-state index in [9.17, 15) is 0 Å². The first kappa shape index (κ1) is 13.0. The molecule has 1 aliphatic rings. The van der Waals surface area contributed by atoms with E-state index in [0.717, 1.165) is 24.4 Å². The lowest BCUT2D eigenvalue weighted by Gasteiger charge is -2.29. The largest absolute Gasteiger partial charge is 0.319 e. The maximum absolute atomic E-state index is 3.28. The van der Waals surface area contributed by atoms with Crippen molar-refractivity contribution in [2.24, 2.45) is 11.8 Å². The van der Waals surface area contributed by atoms with Crippen LogP contribution in [0.25, 0.3) is 0 Å². The Morgan fingerprint density at radius 1 is 1.40 bits per heavy atom. The zero-order valence-corrected chi connectivity index (χ0v) is 10.9. The van der Waals surface area contributed by atoms with Crippen LogP contribution in [-0.2, 0) is 0 Å². The molecular weight excluding hydrogens is 184 g/mol. The van der Waals surface area contributed by atoms with E-state index in [0.29, 0.717) is 0 Å². The highest BCUT2D eigenvalue weighted by molar-refractivity contribution is 4.82. The van der Waals surface area contributed by atoms with E-state index < -0.39 is 0 Å². The van der Waals surface area contributed by atoms with Crippen LogP contribution in [-0.4, -0.2) is 37.6 Å². The van der Waals surface area contributed by atoms with Crippen LogP contribution in [0.1, 0.15) is 40.0 Å². The van der Waals surface area contributed by atoms with Gasteiger partial charge >= 0.3 is 0 Å². The Labute approximate surface area is 95.4 Å². The molecule has 0 aromatic heterocycles. The lowest BCUT2D eigenvalue weighted by Crippen LogP contribution is -2.39. The lowest BCUT2D eigenvalue weighted by atomic mass is 10.0. The quantitative estimate of drug-likeness (QED) is 0.727. The molecule has 1 aliphatic heterocycles. The molecular formula is C13H28N2. The summed E-state index contributed by atoms with van der Waals surface area (Å²) in [6.07, 6.45) is 4.19. The Balaban J connectivity index is 2.32. The first-order chi connectivity index (χ1) is 7.19. The van der Waals surface area contributed by atoms with Gasteiger partial charge in [-0.15, -0.1) is 0 Å². The Bertz CT molecular complexity index is 170. The molecule has 15 heavy (non-hydrogen) atoms. The Kier molecular flexibility index (Phi) is 5.62. The summed E-state index contributed by atoms with van der Waals surface area (Å²) >= 11 is 0. The van der Waals surface area contributed by atoms with E-state index >= 15 is 0 Å². The van der Waals surface area contributed by atoms with E-state index in [4.69, 9.17) is 0 Å². The SMILES string of the molecule is CCCC1CCN(C(C)C(C)CNC)C1. The van der Waals surface area contributed by atoms with Crippen LogP contribution in [0, 0.1) is 11.8 Å². The number of nitrogens with one attached hydrogen (secondary N) is 1. The summed E-state index contributed by atoms with van der Waals surface area (Å²) in [5.41, 5.74) is 0. The molecule has 2 nitrogen and oxygen atoms in total. The van der Waals surface area contributed by atoms with Crippen molar-refractivity contribution in [3.8, 4) is 0 Å². The lowest BCUT2D eigenvalue weighted by molar-refractivity contribution is 0.189. The van der Waals surface area contributed by atoms with Gasteiger partial charge in [0.2, 0.25) is 0 Å². The molecule has 3 unspecified atom stereocenters. The van der Waals surface area contributed by atoms with Crippen LogP contribution in [0.4, 0.5) is 0 Å². The molecule has 0 bridgehead atoms.